The molecule has 1 heterocycles. The summed E-state index contributed by atoms with van der Waals surface area (Å²) in [4.78, 5) is 11.4. The Morgan fingerprint density at radius 1 is 1.47 bits per heavy atom. The molecule has 5 heteroatoms. The molecule has 1 saturated heterocycles. The van der Waals surface area contributed by atoms with Gasteiger partial charge >= 0.3 is 0 Å². The molecule has 0 aliphatic carbocycles. The third kappa shape index (κ3) is 2.50. The number of carbonyl (C=O) groups excluding carboxylic acids is 1. The van der Waals surface area contributed by atoms with Crippen LogP contribution in [0.15, 0.2) is 18.2 Å². The molecule has 0 aromatic heterocycles. The van der Waals surface area contributed by atoms with E-state index < -0.39 is 17.5 Å². The zero-order valence-electron chi connectivity index (χ0n) is 7.80. The number of ether oxygens (including phenoxy) is 1. The predicted octanol–water partition coefficient (Wildman–Crippen LogP) is 1.09. The first kappa shape index (κ1) is 10.0. The van der Waals surface area contributed by atoms with Crippen LogP contribution in [0.25, 0.3) is 0 Å². The molecule has 1 amide bonds. The van der Waals surface area contributed by atoms with E-state index in [4.69, 9.17) is 4.74 Å². The molecule has 0 spiro atoms. The molecule has 1 aliphatic rings. The van der Waals surface area contributed by atoms with E-state index in [1.807, 2.05) is 0 Å². The quantitative estimate of drug-likeness (QED) is 0.764. The van der Waals surface area contributed by atoms with E-state index in [2.05, 4.69) is 5.32 Å². The van der Waals surface area contributed by atoms with Crippen LogP contribution in [-0.2, 0) is 4.74 Å². The number of nitrogens with one attached hydrogen (secondary N) is 1. The fraction of sp³-hybridized carbons (Fsp3) is 0.300. The molecule has 0 radical (unpaired) electrons. The second-order valence-electron chi connectivity index (χ2n) is 3.29. The van der Waals surface area contributed by atoms with Crippen LogP contribution in [0.5, 0.6) is 0 Å². The average Bonchev–Trinajstić information content (AvgIpc) is 3.02. The molecule has 3 nitrogen and oxygen atoms in total. The van der Waals surface area contributed by atoms with Crippen molar-refractivity contribution in [2.24, 2.45) is 0 Å². The Bertz CT molecular complexity index is 391. The summed E-state index contributed by atoms with van der Waals surface area (Å²) in [5, 5.41) is 2.55. The summed E-state index contributed by atoms with van der Waals surface area (Å²) in [5.41, 5.74) is 0.106. The first-order chi connectivity index (χ1) is 7.16. The van der Waals surface area contributed by atoms with Crippen molar-refractivity contribution < 1.29 is 18.3 Å². The van der Waals surface area contributed by atoms with Crippen LogP contribution in [0.1, 0.15) is 10.4 Å². The molecule has 1 aromatic rings. The van der Waals surface area contributed by atoms with Crippen molar-refractivity contribution in [3.05, 3.63) is 35.4 Å². The fourth-order valence-corrected chi connectivity index (χ4v) is 1.13. The van der Waals surface area contributed by atoms with Crippen molar-refractivity contribution in [3.8, 4) is 0 Å². The first-order valence-corrected chi connectivity index (χ1v) is 4.51. The van der Waals surface area contributed by atoms with Crippen molar-refractivity contribution in [3.63, 3.8) is 0 Å². The summed E-state index contributed by atoms with van der Waals surface area (Å²) in [5.74, 6) is -2.41. The van der Waals surface area contributed by atoms with E-state index in [0.29, 0.717) is 13.2 Å². The Hall–Kier alpha value is -1.49. The number of carbonyl (C=O) groups is 1. The molecule has 1 aliphatic heterocycles. The van der Waals surface area contributed by atoms with Gasteiger partial charge in [-0.1, -0.05) is 0 Å². The highest BCUT2D eigenvalue weighted by molar-refractivity contribution is 5.94. The summed E-state index contributed by atoms with van der Waals surface area (Å²) in [6.45, 7) is 1.04. The smallest absolute Gasteiger partial charge is 0.251 e. The maximum Gasteiger partial charge on any atom is 0.251 e. The summed E-state index contributed by atoms with van der Waals surface area (Å²) in [6.07, 6.45) is 0.0687. The SMILES string of the molecule is O=C(NC[C@H]1CO1)c1ccc(F)c(F)c1. The Labute approximate surface area is 85.0 Å². The van der Waals surface area contributed by atoms with Gasteiger partial charge in [-0.25, -0.2) is 8.78 Å². The van der Waals surface area contributed by atoms with Crippen molar-refractivity contribution in [1.29, 1.82) is 0 Å². The highest BCUT2D eigenvalue weighted by atomic mass is 19.2. The van der Waals surface area contributed by atoms with Gasteiger partial charge in [-0.15, -0.1) is 0 Å². The van der Waals surface area contributed by atoms with Crippen LogP contribution in [-0.4, -0.2) is 25.2 Å². The third-order valence-electron chi connectivity index (χ3n) is 2.07. The number of amides is 1. The van der Waals surface area contributed by atoms with Gasteiger partial charge in [-0.05, 0) is 18.2 Å². The molecule has 1 atom stereocenters. The molecule has 1 aromatic carbocycles. The topological polar surface area (TPSA) is 41.6 Å². The van der Waals surface area contributed by atoms with Crippen LogP contribution in [0.4, 0.5) is 8.78 Å². The van der Waals surface area contributed by atoms with Gasteiger partial charge in [0.2, 0.25) is 0 Å². The lowest BCUT2D eigenvalue weighted by Gasteiger charge is -2.03. The number of rotatable bonds is 3. The highest BCUT2D eigenvalue weighted by Gasteiger charge is 2.23. The standard InChI is InChI=1S/C10H9F2NO2/c11-8-2-1-6(3-9(8)12)10(14)13-4-7-5-15-7/h1-3,7H,4-5H2,(H,13,14)/t7-/m0/s1. The lowest BCUT2D eigenvalue weighted by atomic mass is 10.2. The average molecular weight is 213 g/mol. The number of benzene rings is 1. The summed E-state index contributed by atoms with van der Waals surface area (Å²) < 4.78 is 30.2. The van der Waals surface area contributed by atoms with E-state index in [-0.39, 0.29) is 11.7 Å². The van der Waals surface area contributed by atoms with Crippen molar-refractivity contribution in [2.45, 2.75) is 6.10 Å². The molecule has 80 valence electrons. The van der Waals surface area contributed by atoms with E-state index >= 15 is 0 Å². The lowest BCUT2D eigenvalue weighted by molar-refractivity contribution is 0.0950. The second-order valence-corrected chi connectivity index (χ2v) is 3.29. The van der Waals surface area contributed by atoms with Crippen LogP contribution >= 0.6 is 0 Å². The van der Waals surface area contributed by atoms with Crippen LogP contribution in [0.2, 0.25) is 0 Å². The minimum atomic E-state index is -1.02. The highest BCUT2D eigenvalue weighted by Crippen LogP contribution is 2.10. The molecule has 1 fully saturated rings. The van der Waals surface area contributed by atoms with Gasteiger partial charge in [0.1, 0.15) is 0 Å². The second kappa shape index (κ2) is 3.94. The Morgan fingerprint density at radius 3 is 2.80 bits per heavy atom. The third-order valence-corrected chi connectivity index (χ3v) is 2.07. The van der Waals surface area contributed by atoms with Crippen molar-refractivity contribution in [2.75, 3.05) is 13.2 Å². The molecule has 0 unspecified atom stereocenters. The van der Waals surface area contributed by atoms with E-state index in [9.17, 15) is 13.6 Å². The molecule has 0 bridgehead atoms. The Balaban J connectivity index is 2.00. The number of halogens is 2. The number of epoxide rings is 1. The van der Waals surface area contributed by atoms with Gasteiger partial charge < -0.3 is 10.1 Å². The van der Waals surface area contributed by atoms with Gasteiger partial charge in [0.05, 0.1) is 12.7 Å². The van der Waals surface area contributed by atoms with E-state index in [1.54, 1.807) is 0 Å². The molecular formula is C10H9F2NO2. The van der Waals surface area contributed by atoms with E-state index in [1.165, 1.54) is 6.07 Å². The Kier molecular flexibility index (Phi) is 2.64. The molecular weight excluding hydrogens is 204 g/mol. The lowest BCUT2D eigenvalue weighted by Crippen LogP contribution is -2.27. The van der Waals surface area contributed by atoms with Crippen LogP contribution in [0, 0.1) is 11.6 Å². The molecule has 0 saturated carbocycles. The summed E-state index contributed by atoms with van der Waals surface area (Å²) >= 11 is 0. The normalized spacial score (nSPS) is 18.7. The number of hydrogen-bond donors (Lipinski definition) is 1. The summed E-state index contributed by atoms with van der Waals surface area (Å²) in [7, 11) is 0. The van der Waals surface area contributed by atoms with Gasteiger partial charge in [0.25, 0.3) is 5.91 Å². The number of hydrogen-bond acceptors (Lipinski definition) is 2. The van der Waals surface area contributed by atoms with Gasteiger partial charge in [0.15, 0.2) is 11.6 Å². The monoisotopic (exact) mass is 213 g/mol. The maximum absolute atomic E-state index is 12.8. The zero-order chi connectivity index (χ0) is 10.8. The largest absolute Gasteiger partial charge is 0.371 e. The van der Waals surface area contributed by atoms with Crippen LogP contribution in [0.3, 0.4) is 0 Å². The fourth-order valence-electron chi connectivity index (χ4n) is 1.13. The van der Waals surface area contributed by atoms with Crippen molar-refractivity contribution >= 4 is 5.91 Å². The maximum atomic E-state index is 12.8. The zero-order valence-corrected chi connectivity index (χ0v) is 7.80. The van der Waals surface area contributed by atoms with Crippen LogP contribution < -0.4 is 5.32 Å². The minimum Gasteiger partial charge on any atom is -0.371 e. The predicted molar refractivity (Wildman–Crippen MR) is 48.4 cm³/mol. The van der Waals surface area contributed by atoms with Gasteiger partial charge in [0, 0.05) is 12.1 Å². The van der Waals surface area contributed by atoms with Crippen molar-refractivity contribution in [1.82, 2.24) is 5.32 Å². The first-order valence-electron chi connectivity index (χ1n) is 4.51. The van der Waals surface area contributed by atoms with Gasteiger partial charge in [-0.3, -0.25) is 4.79 Å². The molecule has 1 N–H and O–H groups in total. The molecule has 15 heavy (non-hydrogen) atoms. The van der Waals surface area contributed by atoms with Gasteiger partial charge in [-0.2, -0.15) is 0 Å². The summed E-state index contributed by atoms with van der Waals surface area (Å²) in [6, 6.07) is 3.04. The molecule has 2 rings (SSSR count). The Morgan fingerprint density at radius 2 is 2.20 bits per heavy atom. The minimum absolute atomic E-state index is 0.0687. The van der Waals surface area contributed by atoms with E-state index in [0.717, 1.165) is 12.1 Å².